The number of amides is 1. The largest absolute Gasteiger partial charge is 0.383 e. The molecule has 3 aromatic heterocycles. The first-order valence-electron chi connectivity index (χ1n) is 11.8. The van der Waals surface area contributed by atoms with Crippen LogP contribution in [0.2, 0.25) is 0 Å². The van der Waals surface area contributed by atoms with E-state index in [-0.39, 0.29) is 50.0 Å². The summed E-state index contributed by atoms with van der Waals surface area (Å²) in [5.74, 6) is -3.20. The maximum Gasteiger partial charge on any atom is 0.267 e. The van der Waals surface area contributed by atoms with Crippen molar-refractivity contribution < 1.29 is 22.7 Å². The Balaban J connectivity index is 1.28. The van der Waals surface area contributed by atoms with E-state index in [2.05, 4.69) is 25.4 Å². The molecular formula is C25H25F3N8O2. The Morgan fingerprint density at radius 1 is 1.18 bits per heavy atom. The van der Waals surface area contributed by atoms with E-state index in [1.54, 1.807) is 30.7 Å². The summed E-state index contributed by atoms with van der Waals surface area (Å²) in [4.78, 5) is 26.8. The standard InChI is InChI=1S/C25H25F3N8O2/c1-38-13-20-19(23(37)31-10-16-2-3-18-17(21(16)26)4-6-30-22(18)29)12-36(34-20)11-15-8-32-24(33-9-15)35-7-5-25(27,28)14-35/h2-4,6,8-9,12H,5,7,10-11,13-14H2,1H3,(H2,29,30)(H,31,37). The van der Waals surface area contributed by atoms with Gasteiger partial charge >= 0.3 is 0 Å². The number of benzene rings is 1. The third-order valence-electron chi connectivity index (χ3n) is 6.28. The SMILES string of the molecule is COCc1nn(Cc2cnc(N3CCC(F)(F)C3)nc2)cc1C(=O)NCc1ccc2c(N)nccc2c1F. The minimum atomic E-state index is -2.74. The Bertz CT molecular complexity index is 1480. The first-order valence-corrected chi connectivity index (χ1v) is 11.8. The highest BCUT2D eigenvalue weighted by Gasteiger charge is 2.39. The number of ether oxygens (including phenoxy) is 1. The molecule has 1 amide bonds. The predicted molar refractivity (Wildman–Crippen MR) is 133 cm³/mol. The number of pyridine rings is 1. The molecule has 0 unspecified atom stereocenters. The fourth-order valence-corrected chi connectivity index (χ4v) is 4.36. The number of nitrogen functional groups attached to an aromatic ring is 1. The summed E-state index contributed by atoms with van der Waals surface area (Å²) >= 11 is 0. The van der Waals surface area contributed by atoms with Crippen LogP contribution >= 0.6 is 0 Å². The van der Waals surface area contributed by atoms with E-state index in [4.69, 9.17) is 10.5 Å². The number of carbonyl (C=O) groups excluding carboxylic acids is 1. The van der Waals surface area contributed by atoms with Gasteiger partial charge < -0.3 is 20.7 Å². The molecular weight excluding hydrogens is 501 g/mol. The normalized spacial score (nSPS) is 14.8. The molecule has 1 saturated heterocycles. The zero-order chi connectivity index (χ0) is 26.9. The van der Waals surface area contributed by atoms with Gasteiger partial charge in [0.05, 0.1) is 25.3 Å². The van der Waals surface area contributed by atoms with Crippen LogP contribution in [0.15, 0.2) is 43.0 Å². The maximum atomic E-state index is 15.0. The lowest BCUT2D eigenvalue weighted by molar-refractivity contribution is 0.0256. The second kappa shape index (κ2) is 10.2. The molecule has 1 fully saturated rings. The van der Waals surface area contributed by atoms with E-state index in [0.717, 1.165) is 0 Å². The van der Waals surface area contributed by atoms with E-state index in [9.17, 15) is 18.0 Å². The van der Waals surface area contributed by atoms with Crippen LogP contribution in [-0.2, 0) is 24.4 Å². The van der Waals surface area contributed by atoms with Gasteiger partial charge in [0.1, 0.15) is 17.3 Å². The molecule has 5 rings (SSSR count). The number of methoxy groups -OCH3 is 1. The lowest BCUT2D eigenvalue weighted by Gasteiger charge is -2.15. The Kier molecular flexibility index (Phi) is 6.85. The minimum Gasteiger partial charge on any atom is -0.383 e. The number of fused-ring (bicyclic) bond motifs is 1. The Morgan fingerprint density at radius 3 is 2.68 bits per heavy atom. The maximum absolute atomic E-state index is 15.0. The number of hydrogen-bond donors (Lipinski definition) is 2. The van der Waals surface area contributed by atoms with Crippen molar-refractivity contribution in [1.29, 1.82) is 0 Å². The van der Waals surface area contributed by atoms with Gasteiger partial charge in [-0.3, -0.25) is 9.48 Å². The van der Waals surface area contributed by atoms with Gasteiger partial charge in [-0.1, -0.05) is 12.1 Å². The van der Waals surface area contributed by atoms with Crippen LogP contribution in [0.1, 0.15) is 33.6 Å². The summed E-state index contributed by atoms with van der Waals surface area (Å²) in [6.07, 6.45) is 5.85. The number of rotatable bonds is 8. The van der Waals surface area contributed by atoms with Gasteiger partial charge in [-0.05, 0) is 6.07 Å². The van der Waals surface area contributed by atoms with Gasteiger partial charge in [0.15, 0.2) is 0 Å². The number of nitrogens with two attached hydrogens (primary N) is 1. The van der Waals surface area contributed by atoms with Crippen LogP contribution in [0.4, 0.5) is 24.9 Å². The smallest absolute Gasteiger partial charge is 0.267 e. The lowest BCUT2D eigenvalue weighted by atomic mass is 10.1. The summed E-state index contributed by atoms with van der Waals surface area (Å²) in [7, 11) is 1.49. The van der Waals surface area contributed by atoms with E-state index in [0.29, 0.717) is 27.6 Å². The van der Waals surface area contributed by atoms with E-state index in [1.807, 2.05) is 0 Å². The molecule has 0 aliphatic carbocycles. The average molecular weight is 527 g/mol. The summed E-state index contributed by atoms with van der Waals surface area (Å²) in [6.45, 7) is 0.0723. The number of nitrogens with zero attached hydrogens (tertiary/aromatic N) is 6. The van der Waals surface area contributed by atoms with Gasteiger partial charge in [-0.15, -0.1) is 0 Å². The van der Waals surface area contributed by atoms with Crippen molar-refractivity contribution in [3.8, 4) is 0 Å². The van der Waals surface area contributed by atoms with Crippen molar-refractivity contribution in [2.45, 2.75) is 32.0 Å². The van der Waals surface area contributed by atoms with Crippen LogP contribution in [0.5, 0.6) is 0 Å². The lowest BCUT2D eigenvalue weighted by Crippen LogP contribution is -2.26. The monoisotopic (exact) mass is 526 g/mol. The second-order valence-electron chi connectivity index (χ2n) is 9.05. The third kappa shape index (κ3) is 5.23. The Morgan fingerprint density at radius 2 is 1.97 bits per heavy atom. The topological polar surface area (TPSA) is 124 Å². The van der Waals surface area contributed by atoms with Crippen LogP contribution in [0, 0.1) is 5.82 Å². The summed E-state index contributed by atoms with van der Waals surface area (Å²) < 4.78 is 48.7. The highest BCUT2D eigenvalue weighted by Crippen LogP contribution is 2.29. The molecule has 198 valence electrons. The van der Waals surface area contributed by atoms with Crippen molar-refractivity contribution in [2.24, 2.45) is 0 Å². The fraction of sp³-hybridized carbons (Fsp3) is 0.320. The molecule has 0 radical (unpaired) electrons. The average Bonchev–Trinajstić information content (AvgIpc) is 3.47. The number of carbonyl (C=O) groups is 1. The van der Waals surface area contributed by atoms with Crippen LogP contribution in [0.25, 0.3) is 10.8 Å². The fourth-order valence-electron chi connectivity index (χ4n) is 4.36. The minimum absolute atomic E-state index is 0.0503. The third-order valence-corrected chi connectivity index (χ3v) is 6.28. The summed E-state index contributed by atoms with van der Waals surface area (Å²) in [5, 5.41) is 7.98. The molecule has 0 bridgehead atoms. The zero-order valence-corrected chi connectivity index (χ0v) is 20.5. The first-order chi connectivity index (χ1) is 18.2. The van der Waals surface area contributed by atoms with Gasteiger partial charge in [0.25, 0.3) is 11.8 Å². The number of anilines is 2. The van der Waals surface area contributed by atoms with Crippen LogP contribution < -0.4 is 16.0 Å². The second-order valence-corrected chi connectivity index (χ2v) is 9.05. The van der Waals surface area contributed by atoms with Crippen molar-refractivity contribution in [3.63, 3.8) is 0 Å². The number of nitrogens with one attached hydrogen (secondary N) is 1. The molecule has 13 heteroatoms. The van der Waals surface area contributed by atoms with Crippen molar-refractivity contribution >= 4 is 28.4 Å². The molecule has 1 aromatic carbocycles. The van der Waals surface area contributed by atoms with Gasteiger partial charge in [0, 0.05) is 73.3 Å². The molecule has 3 N–H and O–H groups in total. The molecule has 0 spiro atoms. The van der Waals surface area contributed by atoms with E-state index >= 15 is 0 Å². The molecule has 0 saturated carbocycles. The zero-order valence-electron chi connectivity index (χ0n) is 20.5. The Labute approximate surface area is 215 Å². The highest BCUT2D eigenvalue weighted by molar-refractivity contribution is 5.95. The van der Waals surface area contributed by atoms with Gasteiger partial charge in [-0.25, -0.2) is 28.1 Å². The van der Waals surface area contributed by atoms with Crippen molar-refractivity contribution in [2.75, 3.05) is 30.8 Å². The molecule has 1 aliphatic heterocycles. The summed E-state index contributed by atoms with van der Waals surface area (Å²) in [5.41, 5.74) is 7.46. The molecule has 10 nitrogen and oxygen atoms in total. The molecule has 4 aromatic rings. The van der Waals surface area contributed by atoms with Crippen LogP contribution in [0.3, 0.4) is 0 Å². The van der Waals surface area contributed by atoms with Crippen molar-refractivity contribution in [3.05, 3.63) is 71.2 Å². The van der Waals surface area contributed by atoms with Crippen LogP contribution in [-0.4, -0.2) is 56.8 Å². The van der Waals surface area contributed by atoms with E-state index in [1.165, 1.54) is 29.0 Å². The quantitative estimate of drug-likeness (QED) is 0.359. The number of halogens is 3. The highest BCUT2D eigenvalue weighted by atomic mass is 19.3. The van der Waals surface area contributed by atoms with Gasteiger partial charge in [0.2, 0.25) is 5.95 Å². The molecule has 4 heterocycles. The predicted octanol–water partition coefficient (Wildman–Crippen LogP) is 2.91. The molecule has 1 aliphatic rings. The van der Waals surface area contributed by atoms with Crippen molar-refractivity contribution in [1.82, 2.24) is 30.0 Å². The summed E-state index contributed by atoms with van der Waals surface area (Å²) in [6, 6.07) is 4.76. The number of aromatic nitrogens is 5. The first kappa shape index (κ1) is 25.4. The number of alkyl halides is 2. The molecule has 38 heavy (non-hydrogen) atoms. The van der Waals surface area contributed by atoms with Gasteiger partial charge in [-0.2, -0.15) is 5.10 Å². The van der Waals surface area contributed by atoms with E-state index < -0.39 is 24.2 Å². The Hall–Kier alpha value is -4.26. The number of hydrogen-bond acceptors (Lipinski definition) is 8. The molecule has 0 atom stereocenters.